The fourth-order valence-electron chi connectivity index (χ4n) is 3.19. The summed E-state index contributed by atoms with van der Waals surface area (Å²) >= 11 is 12.3. The van der Waals surface area contributed by atoms with E-state index >= 15 is 0 Å². The minimum atomic E-state index is -0.661. The van der Waals surface area contributed by atoms with Crippen molar-refractivity contribution in [2.24, 2.45) is 5.92 Å². The molecule has 1 saturated heterocycles. The van der Waals surface area contributed by atoms with Crippen molar-refractivity contribution in [3.63, 3.8) is 0 Å². The molecule has 1 atom stereocenters. The Morgan fingerprint density at radius 1 is 1.14 bits per heavy atom. The number of nitrogens with zero attached hydrogens (tertiary/aromatic N) is 1. The fraction of sp³-hybridized carbons (Fsp3) is 0.647. The van der Waals surface area contributed by atoms with Gasteiger partial charge in [-0.25, -0.2) is 0 Å². The number of hydrogen-bond donors (Lipinski definition) is 2. The maximum atomic E-state index is 10.4. The Bertz CT molecular complexity index is 479. The monoisotopic (exact) mass is 342 g/mol. The van der Waals surface area contributed by atoms with Crippen LogP contribution in [0.5, 0.6) is 0 Å². The molecule has 1 aromatic carbocycles. The first kappa shape index (κ1) is 16.5. The van der Waals surface area contributed by atoms with Gasteiger partial charge in [0.1, 0.15) is 0 Å². The lowest BCUT2D eigenvalue weighted by molar-refractivity contribution is 0.150. The lowest BCUT2D eigenvalue weighted by atomic mass is 10.0. The highest BCUT2D eigenvalue weighted by atomic mass is 35.5. The molecule has 0 spiro atoms. The summed E-state index contributed by atoms with van der Waals surface area (Å²) in [5.74, 6) is 0.966. The molecule has 3 rings (SSSR count). The number of piperidine rings is 1. The quantitative estimate of drug-likeness (QED) is 0.830. The van der Waals surface area contributed by atoms with E-state index in [-0.39, 0.29) is 0 Å². The van der Waals surface area contributed by atoms with E-state index < -0.39 is 6.10 Å². The number of benzene rings is 1. The van der Waals surface area contributed by atoms with E-state index in [0.29, 0.717) is 28.2 Å². The molecule has 2 aliphatic rings. The molecule has 0 aromatic heterocycles. The second-order valence-electron chi connectivity index (χ2n) is 6.58. The van der Waals surface area contributed by atoms with Crippen molar-refractivity contribution in [3.8, 4) is 0 Å². The SMILES string of the molecule is OC(CNC1CCN(CC2CC2)CC1)c1c(Cl)cccc1Cl. The number of rotatable bonds is 6. The Labute approximate surface area is 142 Å². The fourth-order valence-corrected chi connectivity index (χ4v) is 3.84. The van der Waals surface area contributed by atoms with Crippen molar-refractivity contribution in [2.45, 2.75) is 37.8 Å². The van der Waals surface area contributed by atoms with Crippen LogP contribution in [-0.2, 0) is 0 Å². The molecule has 1 aliphatic heterocycles. The molecule has 2 N–H and O–H groups in total. The standard InChI is InChI=1S/C17H24Cl2N2O/c18-14-2-1-3-15(19)17(14)16(22)10-20-13-6-8-21(9-7-13)11-12-4-5-12/h1-3,12-13,16,20,22H,4-11H2. The maximum Gasteiger partial charge on any atom is 0.0943 e. The molecule has 5 heteroatoms. The summed E-state index contributed by atoms with van der Waals surface area (Å²) in [7, 11) is 0. The Kier molecular flexibility index (Phi) is 5.64. The maximum absolute atomic E-state index is 10.4. The molecular formula is C17H24Cl2N2O. The molecule has 1 aliphatic carbocycles. The first-order chi connectivity index (χ1) is 10.6. The Morgan fingerprint density at radius 2 is 1.77 bits per heavy atom. The zero-order valence-corrected chi connectivity index (χ0v) is 14.3. The molecule has 1 heterocycles. The van der Waals surface area contributed by atoms with Gasteiger partial charge in [0.05, 0.1) is 6.10 Å². The molecule has 1 saturated carbocycles. The van der Waals surface area contributed by atoms with Crippen LogP contribution in [0.15, 0.2) is 18.2 Å². The number of hydrogen-bond acceptors (Lipinski definition) is 3. The van der Waals surface area contributed by atoms with E-state index in [1.807, 2.05) is 0 Å². The second kappa shape index (κ2) is 7.50. The molecule has 0 bridgehead atoms. The highest BCUT2D eigenvalue weighted by Crippen LogP contribution is 2.31. The van der Waals surface area contributed by atoms with Crippen molar-refractivity contribution in [2.75, 3.05) is 26.2 Å². The molecule has 3 nitrogen and oxygen atoms in total. The van der Waals surface area contributed by atoms with Gasteiger partial charge in [0.2, 0.25) is 0 Å². The summed E-state index contributed by atoms with van der Waals surface area (Å²) in [4.78, 5) is 2.58. The number of halogens is 2. The third-order valence-corrected chi connectivity index (χ3v) is 5.39. The average Bonchev–Trinajstić information content (AvgIpc) is 3.30. The highest BCUT2D eigenvalue weighted by molar-refractivity contribution is 6.36. The van der Waals surface area contributed by atoms with Crippen LogP contribution in [0, 0.1) is 5.92 Å². The van der Waals surface area contributed by atoms with E-state index in [4.69, 9.17) is 23.2 Å². The predicted octanol–water partition coefficient (Wildman–Crippen LogP) is 3.49. The topological polar surface area (TPSA) is 35.5 Å². The van der Waals surface area contributed by atoms with Gasteiger partial charge in [-0.2, -0.15) is 0 Å². The van der Waals surface area contributed by atoms with Crippen LogP contribution in [0.1, 0.15) is 37.4 Å². The first-order valence-electron chi connectivity index (χ1n) is 8.21. The molecule has 1 unspecified atom stereocenters. The van der Waals surface area contributed by atoms with Crippen LogP contribution < -0.4 is 5.32 Å². The van der Waals surface area contributed by atoms with Crippen LogP contribution in [0.25, 0.3) is 0 Å². The Morgan fingerprint density at radius 3 is 2.36 bits per heavy atom. The average molecular weight is 343 g/mol. The van der Waals surface area contributed by atoms with Gasteiger partial charge in [-0.05, 0) is 56.8 Å². The van der Waals surface area contributed by atoms with Gasteiger partial charge in [0.15, 0.2) is 0 Å². The van der Waals surface area contributed by atoms with Gasteiger partial charge in [-0.1, -0.05) is 29.3 Å². The van der Waals surface area contributed by atoms with E-state index in [9.17, 15) is 5.11 Å². The lowest BCUT2D eigenvalue weighted by Gasteiger charge is -2.33. The van der Waals surface area contributed by atoms with Crippen LogP contribution in [0.2, 0.25) is 10.0 Å². The van der Waals surface area contributed by atoms with Gasteiger partial charge < -0.3 is 15.3 Å². The summed E-state index contributed by atoms with van der Waals surface area (Å²) in [6.45, 7) is 4.11. The summed E-state index contributed by atoms with van der Waals surface area (Å²) in [6.07, 6.45) is 4.47. The summed E-state index contributed by atoms with van der Waals surface area (Å²) < 4.78 is 0. The predicted molar refractivity (Wildman–Crippen MR) is 91.6 cm³/mol. The molecular weight excluding hydrogens is 319 g/mol. The van der Waals surface area contributed by atoms with Gasteiger partial charge >= 0.3 is 0 Å². The lowest BCUT2D eigenvalue weighted by Crippen LogP contribution is -2.44. The summed E-state index contributed by atoms with van der Waals surface area (Å²) in [6, 6.07) is 5.81. The van der Waals surface area contributed by atoms with Crippen LogP contribution in [0.3, 0.4) is 0 Å². The van der Waals surface area contributed by atoms with E-state index in [0.717, 1.165) is 31.8 Å². The van der Waals surface area contributed by atoms with Crippen molar-refractivity contribution >= 4 is 23.2 Å². The minimum Gasteiger partial charge on any atom is -0.387 e. The summed E-state index contributed by atoms with van der Waals surface area (Å²) in [5, 5.41) is 14.9. The number of aliphatic hydroxyl groups excluding tert-OH is 1. The molecule has 1 aromatic rings. The number of aliphatic hydroxyl groups is 1. The number of likely N-dealkylation sites (tertiary alicyclic amines) is 1. The summed E-state index contributed by atoms with van der Waals surface area (Å²) in [5.41, 5.74) is 0.629. The van der Waals surface area contributed by atoms with E-state index in [2.05, 4.69) is 10.2 Å². The second-order valence-corrected chi connectivity index (χ2v) is 7.39. The highest BCUT2D eigenvalue weighted by Gasteiger charge is 2.27. The zero-order chi connectivity index (χ0) is 15.5. The van der Waals surface area contributed by atoms with Crippen LogP contribution >= 0.6 is 23.2 Å². The van der Waals surface area contributed by atoms with Crippen molar-refractivity contribution in [1.29, 1.82) is 0 Å². The van der Waals surface area contributed by atoms with Crippen LogP contribution in [-0.4, -0.2) is 42.2 Å². The van der Waals surface area contributed by atoms with E-state index in [1.165, 1.54) is 19.4 Å². The molecule has 0 amide bonds. The zero-order valence-electron chi connectivity index (χ0n) is 12.8. The number of nitrogens with one attached hydrogen (secondary N) is 1. The molecule has 122 valence electrons. The van der Waals surface area contributed by atoms with Crippen LogP contribution in [0.4, 0.5) is 0 Å². The van der Waals surface area contributed by atoms with Crippen molar-refractivity contribution in [3.05, 3.63) is 33.8 Å². The third kappa shape index (κ3) is 4.36. The van der Waals surface area contributed by atoms with Gasteiger partial charge in [-0.15, -0.1) is 0 Å². The Balaban J connectivity index is 1.44. The third-order valence-electron chi connectivity index (χ3n) is 4.73. The molecule has 2 fully saturated rings. The van der Waals surface area contributed by atoms with Gasteiger partial charge in [0, 0.05) is 34.7 Å². The smallest absolute Gasteiger partial charge is 0.0943 e. The molecule has 22 heavy (non-hydrogen) atoms. The first-order valence-corrected chi connectivity index (χ1v) is 8.97. The minimum absolute atomic E-state index is 0.478. The Hall–Kier alpha value is -0.320. The van der Waals surface area contributed by atoms with Crippen molar-refractivity contribution in [1.82, 2.24) is 10.2 Å². The van der Waals surface area contributed by atoms with Gasteiger partial charge in [0.25, 0.3) is 0 Å². The molecule has 0 radical (unpaired) electrons. The van der Waals surface area contributed by atoms with Crippen molar-refractivity contribution < 1.29 is 5.11 Å². The normalized spacial score (nSPS) is 22.0. The largest absolute Gasteiger partial charge is 0.387 e. The van der Waals surface area contributed by atoms with E-state index in [1.54, 1.807) is 18.2 Å². The van der Waals surface area contributed by atoms with Gasteiger partial charge in [-0.3, -0.25) is 0 Å².